The van der Waals surface area contributed by atoms with Crippen molar-refractivity contribution >= 4 is 12.4 Å². The molecule has 0 heterocycles. The molecule has 63 valence electrons. The second kappa shape index (κ2) is 10.4. The fourth-order valence-corrected chi connectivity index (χ4v) is 5.10. The fraction of sp³-hybridized carbons (Fsp3) is 0.333. The first kappa shape index (κ1) is 13.9. The molecule has 0 spiro atoms. The smallest absolute Gasteiger partial charge is 0.147 e. The molecular weight excluding hydrogens is 235 g/mol. The zero-order valence-electron chi connectivity index (χ0n) is 6.88. The Morgan fingerprint density at radius 1 is 0.818 bits per heavy atom. The molecule has 0 aromatic heterocycles. The van der Waals surface area contributed by atoms with E-state index in [1.165, 1.54) is 12.4 Å². The summed E-state index contributed by atoms with van der Waals surface area (Å²) in [6, 6.07) is 0. The summed E-state index contributed by atoms with van der Waals surface area (Å²) < 4.78 is 3.79. The van der Waals surface area contributed by atoms with Crippen LogP contribution in [0.15, 0.2) is 38.0 Å². The normalized spacial score (nSPS) is 7.64. The van der Waals surface area contributed by atoms with Crippen molar-refractivity contribution in [1.29, 1.82) is 0 Å². The molecule has 0 aromatic rings. The average molecular weight is 251 g/mol. The number of allylic oxidation sites excluding steroid dienone is 3. The van der Waals surface area contributed by atoms with Crippen molar-refractivity contribution in [3.63, 3.8) is 0 Å². The predicted molar refractivity (Wildman–Crippen MR) is 52.3 cm³/mol. The van der Waals surface area contributed by atoms with Crippen molar-refractivity contribution in [2.75, 3.05) is 0 Å². The molecule has 2 heteroatoms. The maximum absolute atomic E-state index is 3.75. The zero-order valence-corrected chi connectivity index (χ0v) is 10.2. The Hall–Kier alpha value is 0.393. The number of hydrogen-bond donors (Lipinski definition) is 0. The molecule has 0 unspecified atom stereocenters. The molecule has 0 radical (unpaired) electrons. The van der Waals surface area contributed by atoms with E-state index in [9.17, 15) is 0 Å². The van der Waals surface area contributed by atoms with Crippen LogP contribution in [0.5, 0.6) is 0 Å². The minimum atomic E-state index is -1.11. The molecule has 0 nitrogen and oxygen atoms in total. The first-order valence-electron chi connectivity index (χ1n) is 3.51. The molecule has 0 fully saturated rings. The summed E-state index contributed by atoms with van der Waals surface area (Å²) in [5, 5.41) is 0. The molecule has 0 atom stereocenters. The van der Waals surface area contributed by atoms with Gasteiger partial charge in [0.1, 0.15) is 0 Å². The minimum Gasteiger partial charge on any atom is -0.147 e. The van der Waals surface area contributed by atoms with Gasteiger partial charge in [0.15, 0.2) is 0 Å². The maximum atomic E-state index is 3.75. The fourth-order valence-electron chi connectivity index (χ4n) is 0.862. The molecule has 0 aliphatic heterocycles. The van der Waals surface area contributed by atoms with Gasteiger partial charge in [-0.1, -0.05) is 0 Å². The van der Waals surface area contributed by atoms with Crippen LogP contribution in [-0.4, -0.2) is 0 Å². The van der Waals surface area contributed by atoms with Crippen LogP contribution in [0.2, 0.25) is 12.4 Å². The van der Waals surface area contributed by atoms with Crippen molar-refractivity contribution in [2.24, 2.45) is 0 Å². The molecule has 0 saturated carbocycles. The molecule has 11 heavy (non-hydrogen) atoms. The van der Waals surface area contributed by atoms with Crippen molar-refractivity contribution in [2.45, 2.75) is 12.4 Å². The van der Waals surface area contributed by atoms with Gasteiger partial charge < -0.3 is 0 Å². The number of hydrogen-bond acceptors (Lipinski definition) is 0. The topological polar surface area (TPSA) is 0 Å². The second-order valence-corrected chi connectivity index (χ2v) is 8.93. The summed E-state index contributed by atoms with van der Waals surface area (Å²) in [6.45, 7) is 11.2. The van der Waals surface area contributed by atoms with Crippen LogP contribution in [0.3, 0.4) is 0 Å². The molecule has 0 aliphatic rings. The van der Waals surface area contributed by atoms with Crippen molar-refractivity contribution in [1.82, 2.24) is 0 Å². The van der Waals surface area contributed by atoms with E-state index in [-0.39, 0.29) is 12.4 Å². The van der Waals surface area contributed by atoms with E-state index < -0.39 is 21.8 Å². The Morgan fingerprint density at radius 2 is 1.09 bits per heavy atom. The number of rotatable bonds is 6. The van der Waals surface area contributed by atoms with Crippen LogP contribution in [0.4, 0.5) is 0 Å². The van der Waals surface area contributed by atoms with Gasteiger partial charge in [0, 0.05) is 0 Å². The molecular formula is C9H16ClZr. The summed E-state index contributed by atoms with van der Waals surface area (Å²) in [5.74, 6) is 0. The molecule has 0 N–H and O–H groups in total. The summed E-state index contributed by atoms with van der Waals surface area (Å²) in [6.07, 6.45) is 6.13. The van der Waals surface area contributed by atoms with Gasteiger partial charge in [-0.05, 0) is 0 Å². The van der Waals surface area contributed by atoms with Crippen LogP contribution in [-0.2, 0) is 21.8 Å². The quantitative estimate of drug-likeness (QED) is 0.629. The second-order valence-electron chi connectivity index (χ2n) is 2.23. The van der Waals surface area contributed by atoms with Gasteiger partial charge in [0.25, 0.3) is 0 Å². The van der Waals surface area contributed by atoms with E-state index in [0.717, 1.165) is 0 Å². The molecule has 0 amide bonds. The molecule has 0 aromatic carbocycles. The minimum absolute atomic E-state index is 0. The van der Waals surface area contributed by atoms with Gasteiger partial charge in [-0.15, -0.1) is 12.4 Å². The van der Waals surface area contributed by atoms with E-state index >= 15 is 0 Å². The van der Waals surface area contributed by atoms with E-state index in [0.29, 0.717) is 0 Å². The van der Waals surface area contributed by atoms with Gasteiger partial charge in [-0.3, -0.25) is 0 Å². The van der Waals surface area contributed by atoms with Crippen LogP contribution in [0.1, 0.15) is 0 Å². The van der Waals surface area contributed by atoms with Crippen LogP contribution < -0.4 is 0 Å². The van der Waals surface area contributed by atoms with Gasteiger partial charge in [-0.25, -0.2) is 0 Å². The van der Waals surface area contributed by atoms with E-state index in [4.69, 9.17) is 0 Å². The predicted octanol–water partition coefficient (Wildman–Crippen LogP) is 3.84. The summed E-state index contributed by atoms with van der Waals surface area (Å²) in [7, 11) is 0. The Labute approximate surface area is 84.2 Å². The third kappa shape index (κ3) is 8.30. The van der Waals surface area contributed by atoms with Crippen LogP contribution in [0, 0.1) is 0 Å². The number of halogens is 1. The summed E-state index contributed by atoms with van der Waals surface area (Å²) in [5.41, 5.74) is 0. The van der Waals surface area contributed by atoms with Crippen molar-refractivity contribution < 1.29 is 21.8 Å². The zero-order chi connectivity index (χ0) is 7.82. The van der Waals surface area contributed by atoms with E-state index in [1.54, 1.807) is 0 Å². The Kier molecular flexibility index (Phi) is 13.2. The van der Waals surface area contributed by atoms with Gasteiger partial charge >= 0.3 is 72.1 Å². The largest absolute Gasteiger partial charge is 0.147 e. The SMILES string of the molecule is C=C[CH2][Zr]([CH2]C=C)[CH2]C=C.Cl. The third-order valence-corrected chi connectivity index (χ3v) is 7.69. The Balaban J connectivity index is 0. The van der Waals surface area contributed by atoms with Crippen molar-refractivity contribution in [3.05, 3.63) is 38.0 Å². The van der Waals surface area contributed by atoms with Crippen molar-refractivity contribution in [3.8, 4) is 0 Å². The first-order valence-corrected chi connectivity index (χ1v) is 8.72. The van der Waals surface area contributed by atoms with Gasteiger partial charge in [-0.2, -0.15) is 0 Å². The monoisotopic (exact) mass is 249 g/mol. The standard InChI is InChI=1S/3C3H5.ClH.Zr/c3*1-3-2;;/h3*3H,1-2H2;1H;. The van der Waals surface area contributed by atoms with Crippen LogP contribution in [0.25, 0.3) is 0 Å². The van der Waals surface area contributed by atoms with Gasteiger partial charge in [0.05, 0.1) is 0 Å². The molecule has 0 aliphatic carbocycles. The maximum Gasteiger partial charge on any atom is -0.147 e. The molecule has 0 bridgehead atoms. The molecule has 0 rings (SSSR count). The Bertz CT molecular complexity index is 97.0. The molecule has 0 saturated heterocycles. The summed E-state index contributed by atoms with van der Waals surface area (Å²) in [4.78, 5) is 0. The third-order valence-electron chi connectivity index (χ3n) is 1.30. The van der Waals surface area contributed by atoms with Gasteiger partial charge in [0.2, 0.25) is 0 Å². The van der Waals surface area contributed by atoms with E-state index in [2.05, 4.69) is 19.7 Å². The summed E-state index contributed by atoms with van der Waals surface area (Å²) >= 11 is -1.11. The average Bonchev–Trinajstić information content (AvgIpc) is 1.90. The van der Waals surface area contributed by atoms with Crippen LogP contribution >= 0.6 is 12.4 Å². The Morgan fingerprint density at radius 3 is 1.27 bits per heavy atom. The first-order chi connectivity index (χ1) is 4.85. The van der Waals surface area contributed by atoms with E-state index in [1.807, 2.05) is 18.2 Å².